The van der Waals surface area contributed by atoms with E-state index in [-0.39, 0.29) is 24.1 Å². The van der Waals surface area contributed by atoms with Crippen LogP contribution < -0.4 is 5.73 Å². The average molecular weight is 313 g/mol. The first-order valence-corrected chi connectivity index (χ1v) is 7.88. The van der Waals surface area contributed by atoms with Crippen molar-refractivity contribution in [3.8, 4) is 0 Å². The molecule has 0 aromatic carbocycles. The Morgan fingerprint density at radius 3 is 2.18 bits per heavy atom. The lowest BCUT2D eigenvalue weighted by Crippen LogP contribution is -2.38. The lowest BCUT2D eigenvalue weighted by Gasteiger charge is -2.28. The fraction of sp³-hybridized carbons (Fsp3) is 0.938. The zero-order valence-electron chi connectivity index (χ0n) is 14.9. The third-order valence-electron chi connectivity index (χ3n) is 3.30. The molecular weight excluding hydrogens is 281 g/mol. The Hall–Kier alpha value is -0.585. The number of rotatable bonds is 6. The van der Waals surface area contributed by atoms with Crippen LogP contribution in [0.15, 0.2) is 0 Å². The molecule has 2 atom stereocenters. The molecule has 0 aliphatic carbocycles. The largest absolute Gasteiger partial charge is 0.390 e. The molecule has 0 aromatic rings. The van der Waals surface area contributed by atoms with Crippen LogP contribution in [0.25, 0.3) is 0 Å². The number of nitrogens with two attached hydrogens (primary N) is 1. The lowest BCUT2D eigenvalue weighted by molar-refractivity contribution is -0.129. The second kappa shape index (κ2) is 8.89. The van der Waals surface area contributed by atoms with E-state index in [0.717, 1.165) is 12.8 Å². The topological polar surface area (TPSA) is 81.8 Å². The fourth-order valence-electron chi connectivity index (χ4n) is 2.32. The summed E-state index contributed by atoms with van der Waals surface area (Å²) in [6.07, 6.45) is 2.90. The third kappa shape index (κ3) is 10.2. The maximum absolute atomic E-state index is 10.8. The predicted molar refractivity (Wildman–Crippen MR) is 88.6 cm³/mol. The van der Waals surface area contributed by atoms with E-state index in [4.69, 9.17) is 23.1 Å². The van der Waals surface area contributed by atoms with Gasteiger partial charge in [0.15, 0.2) is 0 Å². The molecule has 1 heterocycles. The maximum Gasteiger partial charge on any atom is 0.223 e. The van der Waals surface area contributed by atoms with Crippen molar-refractivity contribution in [1.82, 2.24) is 0 Å². The normalized spacial score (nSPS) is 22.4. The molecule has 1 saturated heterocycles. The molecular formula is C16H32BNO4. The average Bonchev–Trinajstić information content (AvgIpc) is 2.70. The van der Waals surface area contributed by atoms with Gasteiger partial charge in [0.25, 0.3) is 0 Å². The molecule has 128 valence electrons. The molecule has 0 spiro atoms. The monoisotopic (exact) mass is 313 g/mol. The second-order valence-electron chi connectivity index (χ2n) is 7.49. The Morgan fingerprint density at radius 1 is 1.36 bits per heavy atom. The summed E-state index contributed by atoms with van der Waals surface area (Å²) < 4.78 is 10.8. The minimum Gasteiger partial charge on any atom is -0.390 e. The number of aliphatic hydroxyl groups is 1. The van der Waals surface area contributed by atoms with Gasteiger partial charge in [-0.15, -0.1) is 0 Å². The van der Waals surface area contributed by atoms with Crippen molar-refractivity contribution in [2.75, 3.05) is 6.61 Å². The van der Waals surface area contributed by atoms with Crippen molar-refractivity contribution in [3.05, 3.63) is 0 Å². The van der Waals surface area contributed by atoms with Crippen LogP contribution in [0.2, 0.25) is 0 Å². The summed E-state index contributed by atoms with van der Waals surface area (Å²) in [6, 6.07) is -0.0595. The van der Waals surface area contributed by atoms with E-state index < -0.39 is 11.0 Å². The molecule has 2 unspecified atom stereocenters. The van der Waals surface area contributed by atoms with E-state index in [9.17, 15) is 9.90 Å². The molecule has 2 radical (unpaired) electrons. The third-order valence-corrected chi connectivity index (χ3v) is 3.30. The van der Waals surface area contributed by atoms with Gasteiger partial charge in [0, 0.05) is 11.4 Å². The summed E-state index contributed by atoms with van der Waals surface area (Å²) in [5, 5.41) is 9.39. The number of carbonyl (C=O) groups excluding carboxylic acids is 1. The molecule has 1 aliphatic rings. The molecule has 6 heteroatoms. The van der Waals surface area contributed by atoms with Crippen LogP contribution in [-0.4, -0.2) is 49.3 Å². The standard InChI is InChI=1S/C8H15BO2.C8H17NO2/c1-6(2)10-5-7-3-4-8(9)11-7;1-7(2,6(9)10)5-8(3,4)11/h6-8H,3-5H2,1-2H3;11H,5H2,1-4H3,(H2,9,10). The highest BCUT2D eigenvalue weighted by atomic mass is 16.5. The summed E-state index contributed by atoms with van der Waals surface area (Å²) in [7, 11) is 5.55. The molecule has 1 aliphatic heterocycles. The lowest BCUT2D eigenvalue weighted by atomic mass is 9.81. The van der Waals surface area contributed by atoms with E-state index in [1.807, 2.05) is 13.8 Å². The summed E-state index contributed by atoms with van der Waals surface area (Å²) in [5.74, 6) is -0.375. The quantitative estimate of drug-likeness (QED) is 0.732. The molecule has 0 aromatic heterocycles. The van der Waals surface area contributed by atoms with Gasteiger partial charge in [-0.05, 0) is 47.0 Å². The zero-order valence-corrected chi connectivity index (χ0v) is 14.9. The van der Waals surface area contributed by atoms with Crippen LogP contribution in [0.4, 0.5) is 0 Å². The van der Waals surface area contributed by atoms with Crippen LogP contribution >= 0.6 is 0 Å². The van der Waals surface area contributed by atoms with E-state index in [1.54, 1.807) is 27.7 Å². The number of hydrogen-bond donors (Lipinski definition) is 2. The van der Waals surface area contributed by atoms with Crippen LogP contribution in [0.5, 0.6) is 0 Å². The first-order chi connectivity index (χ1) is 9.83. The van der Waals surface area contributed by atoms with Crippen molar-refractivity contribution in [1.29, 1.82) is 0 Å². The van der Waals surface area contributed by atoms with Crippen molar-refractivity contribution in [2.45, 2.75) is 84.6 Å². The minimum atomic E-state index is -0.835. The molecule has 1 amide bonds. The zero-order chi connectivity index (χ0) is 17.6. The summed E-state index contributed by atoms with van der Waals surface area (Å²) in [5.41, 5.74) is 3.67. The minimum absolute atomic E-state index is 0.0595. The van der Waals surface area contributed by atoms with Crippen molar-refractivity contribution < 1.29 is 19.4 Å². The van der Waals surface area contributed by atoms with Crippen molar-refractivity contribution >= 4 is 13.8 Å². The first kappa shape index (κ1) is 21.4. The second-order valence-corrected chi connectivity index (χ2v) is 7.49. The van der Waals surface area contributed by atoms with Crippen molar-refractivity contribution in [2.24, 2.45) is 11.1 Å². The highest BCUT2D eigenvalue weighted by Gasteiger charge is 2.31. The molecule has 5 nitrogen and oxygen atoms in total. The maximum atomic E-state index is 10.8. The number of ether oxygens (including phenoxy) is 2. The number of hydrogen-bond acceptors (Lipinski definition) is 4. The van der Waals surface area contributed by atoms with Gasteiger partial charge in [0.2, 0.25) is 5.91 Å². The number of primary amides is 1. The SMILES string of the molecule is CC(C)(O)CC(C)(C)C(N)=O.[B]C1CCC(COC(C)C)O1. The van der Waals surface area contributed by atoms with E-state index in [1.165, 1.54) is 0 Å². The van der Waals surface area contributed by atoms with Crippen LogP contribution in [0.1, 0.15) is 60.8 Å². The molecule has 1 fully saturated rings. The van der Waals surface area contributed by atoms with Gasteiger partial charge in [-0.3, -0.25) is 4.79 Å². The molecule has 0 saturated carbocycles. The summed E-state index contributed by atoms with van der Waals surface area (Å²) in [6.45, 7) is 11.5. The fourth-order valence-corrected chi connectivity index (χ4v) is 2.32. The van der Waals surface area contributed by atoms with Gasteiger partial charge < -0.3 is 20.3 Å². The van der Waals surface area contributed by atoms with Gasteiger partial charge in [-0.2, -0.15) is 0 Å². The van der Waals surface area contributed by atoms with Gasteiger partial charge in [0.1, 0.15) is 7.85 Å². The summed E-state index contributed by atoms with van der Waals surface area (Å²) in [4.78, 5) is 10.8. The van der Waals surface area contributed by atoms with Gasteiger partial charge in [-0.25, -0.2) is 0 Å². The molecule has 0 bridgehead atoms. The first-order valence-electron chi connectivity index (χ1n) is 7.88. The highest BCUT2D eigenvalue weighted by Crippen LogP contribution is 2.26. The smallest absolute Gasteiger partial charge is 0.223 e. The highest BCUT2D eigenvalue weighted by molar-refractivity contribution is 6.11. The van der Waals surface area contributed by atoms with E-state index >= 15 is 0 Å². The summed E-state index contributed by atoms with van der Waals surface area (Å²) >= 11 is 0. The van der Waals surface area contributed by atoms with Gasteiger partial charge in [-0.1, -0.05) is 13.8 Å². The molecule has 1 rings (SSSR count). The van der Waals surface area contributed by atoms with Crippen LogP contribution in [0.3, 0.4) is 0 Å². The predicted octanol–water partition coefficient (Wildman–Crippen LogP) is 1.74. The Labute approximate surface area is 136 Å². The number of amides is 1. The number of carbonyl (C=O) groups is 1. The van der Waals surface area contributed by atoms with Crippen molar-refractivity contribution in [3.63, 3.8) is 0 Å². The van der Waals surface area contributed by atoms with Crippen LogP contribution in [0, 0.1) is 5.41 Å². The Balaban J connectivity index is 0.000000401. The van der Waals surface area contributed by atoms with Gasteiger partial charge >= 0.3 is 0 Å². The Kier molecular flexibility index (Phi) is 8.66. The molecule has 3 N–H and O–H groups in total. The Bertz CT molecular complexity index is 340. The van der Waals surface area contributed by atoms with Crippen LogP contribution in [-0.2, 0) is 14.3 Å². The van der Waals surface area contributed by atoms with E-state index in [2.05, 4.69) is 0 Å². The van der Waals surface area contributed by atoms with Gasteiger partial charge in [0.05, 0.1) is 24.4 Å². The van der Waals surface area contributed by atoms with E-state index in [0.29, 0.717) is 13.0 Å². The Morgan fingerprint density at radius 2 is 1.91 bits per heavy atom. The molecule has 22 heavy (non-hydrogen) atoms.